The smallest absolute Gasteiger partial charge is 0.254 e. The van der Waals surface area contributed by atoms with E-state index in [0.29, 0.717) is 11.7 Å². The van der Waals surface area contributed by atoms with Gasteiger partial charge in [0, 0.05) is 23.8 Å². The Balaban J connectivity index is 1.86. The van der Waals surface area contributed by atoms with Gasteiger partial charge in [-0.1, -0.05) is 18.9 Å². The van der Waals surface area contributed by atoms with Gasteiger partial charge in [-0.25, -0.2) is 0 Å². The molecule has 1 aromatic rings. The van der Waals surface area contributed by atoms with Gasteiger partial charge in [-0.15, -0.1) is 0 Å². The Morgan fingerprint density at radius 2 is 2.05 bits per heavy atom. The molecular weight excluding hydrogens is 236 g/mol. The van der Waals surface area contributed by atoms with Crippen molar-refractivity contribution in [3.63, 3.8) is 0 Å². The molecule has 1 aromatic carbocycles. The van der Waals surface area contributed by atoms with E-state index >= 15 is 0 Å². The number of likely N-dealkylation sites (tertiary alicyclic amines) is 1. The lowest BCUT2D eigenvalue weighted by atomic mass is 9.85. The van der Waals surface area contributed by atoms with Crippen LogP contribution in [0.15, 0.2) is 18.2 Å². The number of hydrogen-bond donors (Lipinski definition) is 1. The van der Waals surface area contributed by atoms with E-state index in [-0.39, 0.29) is 5.91 Å². The second kappa shape index (κ2) is 4.87. The second-order valence-corrected chi connectivity index (χ2v) is 5.92. The molecule has 2 aliphatic rings. The first-order valence-electron chi connectivity index (χ1n) is 7.34. The van der Waals surface area contributed by atoms with Gasteiger partial charge in [0.2, 0.25) is 0 Å². The molecule has 0 bridgehead atoms. The summed E-state index contributed by atoms with van der Waals surface area (Å²) < 4.78 is 0. The van der Waals surface area contributed by atoms with Gasteiger partial charge < -0.3 is 10.6 Å². The largest absolute Gasteiger partial charge is 0.398 e. The number of benzene rings is 1. The fraction of sp³-hybridized carbons (Fsp3) is 0.562. The molecule has 0 spiro atoms. The maximum absolute atomic E-state index is 12.7. The van der Waals surface area contributed by atoms with Crippen molar-refractivity contribution in [2.75, 3.05) is 12.3 Å². The van der Waals surface area contributed by atoms with Crippen molar-refractivity contribution in [1.82, 2.24) is 4.90 Å². The number of anilines is 1. The highest BCUT2D eigenvalue weighted by Crippen LogP contribution is 2.37. The maximum Gasteiger partial charge on any atom is 0.254 e. The molecule has 1 saturated carbocycles. The Morgan fingerprint density at radius 1 is 1.26 bits per heavy atom. The van der Waals surface area contributed by atoms with Crippen molar-refractivity contribution >= 4 is 11.6 Å². The molecule has 1 saturated heterocycles. The molecule has 3 nitrogen and oxygen atoms in total. The molecule has 19 heavy (non-hydrogen) atoms. The number of nitrogens with two attached hydrogens (primary N) is 1. The van der Waals surface area contributed by atoms with Crippen LogP contribution in [-0.2, 0) is 0 Å². The number of carbonyl (C=O) groups is 1. The zero-order chi connectivity index (χ0) is 13.4. The fourth-order valence-electron chi connectivity index (χ4n) is 3.70. The van der Waals surface area contributed by atoms with Crippen LogP contribution in [0.5, 0.6) is 0 Å². The molecule has 1 aliphatic carbocycles. The molecule has 3 rings (SSSR count). The summed E-state index contributed by atoms with van der Waals surface area (Å²) in [5.74, 6) is 0.915. The van der Waals surface area contributed by atoms with Crippen LogP contribution >= 0.6 is 0 Å². The van der Waals surface area contributed by atoms with Gasteiger partial charge in [-0.2, -0.15) is 0 Å². The molecule has 1 amide bonds. The number of amides is 1. The monoisotopic (exact) mass is 258 g/mol. The summed E-state index contributed by atoms with van der Waals surface area (Å²) in [5.41, 5.74) is 8.34. The minimum Gasteiger partial charge on any atom is -0.398 e. The summed E-state index contributed by atoms with van der Waals surface area (Å²) in [6.45, 7) is 2.86. The second-order valence-electron chi connectivity index (χ2n) is 5.92. The van der Waals surface area contributed by atoms with Gasteiger partial charge >= 0.3 is 0 Å². The number of fused-ring (bicyclic) bond motifs is 1. The van der Waals surface area contributed by atoms with Crippen molar-refractivity contribution in [1.29, 1.82) is 0 Å². The van der Waals surface area contributed by atoms with E-state index in [2.05, 4.69) is 4.90 Å². The van der Waals surface area contributed by atoms with Gasteiger partial charge in [-0.05, 0) is 49.8 Å². The molecule has 2 unspecified atom stereocenters. The average molecular weight is 258 g/mol. The predicted octanol–water partition coefficient (Wildman–Crippen LogP) is 2.98. The molecule has 0 aromatic heterocycles. The molecule has 3 heteroatoms. The normalized spacial score (nSPS) is 26.3. The molecule has 1 heterocycles. The predicted molar refractivity (Wildman–Crippen MR) is 77.0 cm³/mol. The number of hydrogen-bond acceptors (Lipinski definition) is 2. The van der Waals surface area contributed by atoms with Gasteiger partial charge in [0.25, 0.3) is 5.91 Å². The molecular formula is C16H22N2O. The first-order chi connectivity index (χ1) is 9.18. The molecule has 1 aliphatic heterocycles. The minimum atomic E-state index is 0.180. The quantitative estimate of drug-likeness (QED) is 0.787. The number of nitrogen functional groups attached to an aromatic ring is 1. The first kappa shape index (κ1) is 12.5. The van der Waals surface area contributed by atoms with Crippen LogP contribution in [0.3, 0.4) is 0 Å². The van der Waals surface area contributed by atoms with Gasteiger partial charge in [0.05, 0.1) is 0 Å². The summed E-state index contributed by atoms with van der Waals surface area (Å²) in [5, 5.41) is 0. The average Bonchev–Trinajstić information content (AvgIpc) is 2.85. The van der Waals surface area contributed by atoms with E-state index in [1.807, 2.05) is 25.1 Å². The van der Waals surface area contributed by atoms with Crippen molar-refractivity contribution in [2.24, 2.45) is 5.92 Å². The molecule has 2 N–H and O–H groups in total. The Hall–Kier alpha value is -1.51. The van der Waals surface area contributed by atoms with E-state index in [1.165, 1.54) is 32.1 Å². The third kappa shape index (κ3) is 2.11. The van der Waals surface area contributed by atoms with E-state index < -0.39 is 0 Å². The Kier molecular flexibility index (Phi) is 3.21. The molecule has 2 atom stereocenters. The number of rotatable bonds is 1. The number of nitrogens with zero attached hydrogens (tertiary/aromatic N) is 1. The van der Waals surface area contributed by atoms with Gasteiger partial charge in [0.15, 0.2) is 0 Å². The van der Waals surface area contributed by atoms with Crippen molar-refractivity contribution in [3.8, 4) is 0 Å². The van der Waals surface area contributed by atoms with Crippen LogP contribution in [0.1, 0.15) is 48.0 Å². The lowest BCUT2D eigenvalue weighted by Gasteiger charge is -2.32. The summed E-state index contributed by atoms with van der Waals surface area (Å²) >= 11 is 0. The number of carbonyl (C=O) groups excluding carboxylic acids is 1. The SMILES string of the molecule is Cc1c(N)cccc1C(=O)N1CCC2CCCCC21. The standard InChI is InChI=1S/C16H22N2O/c1-11-13(6-4-7-14(11)17)16(19)18-10-9-12-5-2-3-8-15(12)18/h4,6-7,12,15H,2-3,5,8-10,17H2,1H3. The van der Waals surface area contributed by atoms with Gasteiger partial charge in [-0.3, -0.25) is 4.79 Å². The van der Waals surface area contributed by atoms with Crippen molar-refractivity contribution in [2.45, 2.75) is 45.1 Å². The van der Waals surface area contributed by atoms with Crippen molar-refractivity contribution in [3.05, 3.63) is 29.3 Å². The van der Waals surface area contributed by atoms with E-state index in [4.69, 9.17) is 5.73 Å². The zero-order valence-electron chi connectivity index (χ0n) is 11.6. The van der Waals surface area contributed by atoms with E-state index in [9.17, 15) is 4.79 Å². The molecule has 0 radical (unpaired) electrons. The Morgan fingerprint density at radius 3 is 2.89 bits per heavy atom. The van der Waals surface area contributed by atoms with Crippen LogP contribution in [0.25, 0.3) is 0 Å². The lowest BCUT2D eigenvalue weighted by molar-refractivity contribution is 0.0689. The van der Waals surface area contributed by atoms with Crippen LogP contribution in [0.4, 0.5) is 5.69 Å². The highest BCUT2D eigenvalue weighted by molar-refractivity contribution is 5.97. The fourth-order valence-corrected chi connectivity index (χ4v) is 3.70. The lowest BCUT2D eigenvalue weighted by Crippen LogP contribution is -2.39. The van der Waals surface area contributed by atoms with E-state index in [0.717, 1.165) is 23.6 Å². The summed E-state index contributed by atoms with van der Waals surface area (Å²) in [4.78, 5) is 14.8. The topological polar surface area (TPSA) is 46.3 Å². The molecule has 2 fully saturated rings. The van der Waals surface area contributed by atoms with Crippen LogP contribution in [0, 0.1) is 12.8 Å². The third-order valence-electron chi connectivity index (χ3n) is 4.88. The Bertz CT molecular complexity index is 498. The minimum absolute atomic E-state index is 0.180. The summed E-state index contributed by atoms with van der Waals surface area (Å²) in [6.07, 6.45) is 6.25. The first-order valence-corrected chi connectivity index (χ1v) is 7.34. The highest BCUT2D eigenvalue weighted by atomic mass is 16.2. The third-order valence-corrected chi connectivity index (χ3v) is 4.88. The zero-order valence-corrected chi connectivity index (χ0v) is 11.6. The summed E-state index contributed by atoms with van der Waals surface area (Å²) in [6, 6.07) is 6.12. The molecule has 102 valence electrons. The maximum atomic E-state index is 12.7. The Labute approximate surface area is 114 Å². The van der Waals surface area contributed by atoms with Crippen LogP contribution in [-0.4, -0.2) is 23.4 Å². The van der Waals surface area contributed by atoms with Crippen molar-refractivity contribution < 1.29 is 4.79 Å². The van der Waals surface area contributed by atoms with Crippen LogP contribution in [0.2, 0.25) is 0 Å². The van der Waals surface area contributed by atoms with Gasteiger partial charge in [0.1, 0.15) is 0 Å². The van der Waals surface area contributed by atoms with E-state index in [1.54, 1.807) is 0 Å². The van der Waals surface area contributed by atoms with Crippen LogP contribution < -0.4 is 5.73 Å². The highest BCUT2D eigenvalue weighted by Gasteiger charge is 2.38. The summed E-state index contributed by atoms with van der Waals surface area (Å²) in [7, 11) is 0.